The number of halogens is 3. The van der Waals surface area contributed by atoms with Gasteiger partial charge in [0, 0.05) is 31.6 Å². The number of hydrogen-bond acceptors (Lipinski definition) is 4. The lowest BCUT2D eigenvalue weighted by molar-refractivity contribution is -0.303. The first-order valence-corrected chi connectivity index (χ1v) is 9.74. The lowest BCUT2D eigenvalue weighted by Gasteiger charge is -2.34. The number of allylic oxidation sites excluding steroid dienone is 3. The molecule has 1 heterocycles. The Hall–Kier alpha value is -2.83. The van der Waals surface area contributed by atoms with Gasteiger partial charge in [0.2, 0.25) is 0 Å². The van der Waals surface area contributed by atoms with Gasteiger partial charge in [0.1, 0.15) is 30.0 Å². The highest BCUT2D eigenvalue weighted by atomic mass is 19.4. The van der Waals surface area contributed by atoms with Crippen molar-refractivity contribution in [1.82, 2.24) is 0 Å². The van der Waals surface area contributed by atoms with Crippen LogP contribution in [0.25, 0.3) is 0 Å². The maximum atomic E-state index is 12.2. The summed E-state index contributed by atoms with van der Waals surface area (Å²) in [6.45, 7) is 12.9. The molecule has 0 spiro atoms. The summed E-state index contributed by atoms with van der Waals surface area (Å²) in [7, 11) is 0. The van der Waals surface area contributed by atoms with Gasteiger partial charge in [-0.15, -0.1) is 13.2 Å². The molecule has 0 radical (unpaired) electrons. The number of anilines is 1. The van der Waals surface area contributed by atoms with Crippen LogP contribution in [0.15, 0.2) is 72.7 Å². The van der Waals surface area contributed by atoms with E-state index in [9.17, 15) is 13.2 Å². The minimum absolute atomic E-state index is 0.00734. The summed E-state index contributed by atoms with van der Waals surface area (Å²) in [5, 5.41) is 0. The Morgan fingerprint density at radius 2 is 1.77 bits per heavy atom. The Kier molecular flexibility index (Phi) is 8.45. The van der Waals surface area contributed by atoms with Crippen LogP contribution in [0.5, 0.6) is 5.75 Å². The molecule has 4 nitrogen and oxygen atoms in total. The number of benzene rings is 1. The fourth-order valence-electron chi connectivity index (χ4n) is 2.95. The fourth-order valence-corrected chi connectivity index (χ4v) is 2.95. The van der Waals surface area contributed by atoms with Crippen molar-refractivity contribution in [2.75, 3.05) is 24.6 Å². The topological polar surface area (TPSA) is 30.9 Å². The Balaban J connectivity index is 1.82. The molecule has 0 bridgehead atoms. The first-order chi connectivity index (χ1) is 14.2. The van der Waals surface area contributed by atoms with Crippen molar-refractivity contribution in [3.63, 3.8) is 0 Å². The molecule has 1 saturated heterocycles. The molecule has 1 aliphatic rings. The molecule has 1 fully saturated rings. The monoisotopic (exact) mass is 423 g/mol. The van der Waals surface area contributed by atoms with Crippen LogP contribution in [0.3, 0.4) is 0 Å². The third kappa shape index (κ3) is 8.27. The summed E-state index contributed by atoms with van der Waals surface area (Å²) >= 11 is 0. The summed E-state index contributed by atoms with van der Waals surface area (Å²) in [6, 6.07) is 7.95. The van der Waals surface area contributed by atoms with E-state index in [1.807, 2.05) is 31.2 Å². The summed E-state index contributed by atoms with van der Waals surface area (Å²) in [6.07, 6.45) is 1.14. The van der Waals surface area contributed by atoms with Gasteiger partial charge >= 0.3 is 6.36 Å². The van der Waals surface area contributed by atoms with Gasteiger partial charge in [-0.3, -0.25) is 0 Å². The van der Waals surface area contributed by atoms with E-state index >= 15 is 0 Å². The Morgan fingerprint density at radius 3 is 2.30 bits per heavy atom. The molecule has 164 valence electrons. The molecule has 0 aromatic heterocycles. The predicted octanol–water partition coefficient (Wildman–Crippen LogP) is 6.14. The van der Waals surface area contributed by atoms with E-state index in [1.165, 1.54) is 6.08 Å². The van der Waals surface area contributed by atoms with Crippen LogP contribution in [-0.2, 0) is 9.47 Å². The van der Waals surface area contributed by atoms with Gasteiger partial charge in [0.25, 0.3) is 0 Å². The number of alkyl halides is 3. The highest BCUT2D eigenvalue weighted by Crippen LogP contribution is 2.26. The zero-order chi connectivity index (χ0) is 22.1. The number of rotatable bonds is 9. The summed E-state index contributed by atoms with van der Waals surface area (Å²) in [5.74, 6) is 0.802. The van der Waals surface area contributed by atoms with Gasteiger partial charge < -0.3 is 19.1 Å². The molecular formula is C23H28F3NO3. The second-order valence-electron chi connectivity index (χ2n) is 7.08. The van der Waals surface area contributed by atoms with Gasteiger partial charge in [-0.05, 0) is 61.9 Å². The second-order valence-corrected chi connectivity index (χ2v) is 7.08. The molecule has 0 aliphatic carbocycles. The molecule has 2 rings (SSSR count). The summed E-state index contributed by atoms with van der Waals surface area (Å²) in [5.41, 5.74) is 2.08. The van der Waals surface area contributed by atoms with Crippen molar-refractivity contribution in [1.29, 1.82) is 0 Å². The second kappa shape index (κ2) is 10.8. The summed E-state index contributed by atoms with van der Waals surface area (Å²) in [4.78, 5) is 2.27. The van der Waals surface area contributed by atoms with Crippen LogP contribution in [0.2, 0.25) is 0 Å². The van der Waals surface area contributed by atoms with Crippen LogP contribution in [0, 0.1) is 0 Å². The van der Waals surface area contributed by atoms with E-state index in [1.54, 1.807) is 13.0 Å². The van der Waals surface area contributed by atoms with Gasteiger partial charge in [0.05, 0.1) is 0 Å². The third-order valence-corrected chi connectivity index (χ3v) is 4.40. The van der Waals surface area contributed by atoms with Crippen LogP contribution in [0.1, 0.15) is 26.7 Å². The quantitative estimate of drug-likeness (QED) is 0.271. The van der Waals surface area contributed by atoms with Gasteiger partial charge in [0.15, 0.2) is 0 Å². The zero-order valence-electron chi connectivity index (χ0n) is 17.4. The maximum absolute atomic E-state index is 12.2. The van der Waals surface area contributed by atoms with Crippen molar-refractivity contribution in [2.24, 2.45) is 0 Å². The van der Waals surface area contributed by atoms with E-state index in [4.69, 9.17) is 9.47 Å². The van der Waals surface area contributed by atoms with Crippen LogP contribution >= 0.6 is 0 Å². The molecule has 0 amide bonds. The van der Waals surface area contributed by atoms with Gasteiger partial charge in [-0.25, -0.2) is 0 Å². The Bertz CT molecular complexity index is 774. The van der Waals surface area contributed by atoms with Crippen molar-refractivity contribution >= 4 is 5.69 Å². The molecule has 30 heavy (non-hydrogen) atoms. The number of ether oxygens (including phenoxy) is 3. The number of hydrogen-bond donors (Lipinski definition) is 0. The van der Waals surface area contributed by atoms with E-state index < -0.39 is 12.1 Å². The molecular weight excluding hydrogens is 395 g/mol. The minimum Gasteiger partial charge on any atom is -0.491 e. The highest BCUT2D eigenvalue weighted by molar-refractivity contribution is 5.49. The average molecular weight is 423 g/mol. The standard InChI is InChI=1S/C23H28F3NO3/c1-5-20(9-6-18(4)30-23(24,25)26)29-22-12-14-27(15-13-22)19-7-10-21(11-8-19)28-16-17(2)3/h5-11,22H,2,4,12-16H2,1,3H3/b9-6-,20-5+. The molecule has 0 saturated carbocycles. The largest absolute Gasteiger partial charge is 0.573 e. The van der Waals surface area contributed by atoms with Crippen molar-refractivity contribution in [3.8, 4) is 5.75 Å². The Labute approximate surface area is 175 Å². The fraction of sp³-hybridized carbons (Fsp3) is 0.391. The zero-order valence-corrected chi connectivity index (χ0v) is 17.4. The maximum Gasteiger partial charge on any atom is 0.573 e. The lowest BCUT2D eigenvalue weighted by Crippen LogP contribution is -2.36. The molecule has 0 atom stereocenters. The Morgan fingerprint density at radius 1 is 1.13 bits per heavy atom. The van der Waals surface area contributed by atoms with Crippen molar-refractivity contribution in [3.05, 3.63) is 72.7 Å². The molecule has 7 heteroatoms. The van der Waals surface area contributed by atoms with E-state index in [-0.39, 0.29) is 6.10 Å². The first kappa shape index (κ1) is 23.4. The molecule has 1 aliphatic heterocycles. The van der Waals surface area contributed by atoms with E-state index in [2.05, 4.69) is 22.8 Å². The third-order valence-electron chi connectivity index (χ3n) is 4.40. The van der Waals surface area contributed by atoms with E-state index in [0.29, 0.717) is 12.4 Å². The lowest BCUT2D eigenvalue weighted by atomic mass is 10.1. The van der Waals surface area contributed by atoms with Crippen LogP contribution < -0.4 is 9.64 Å². The highest BCUT2D eigenvalue weighted by Gasteiger charge is 2.31. The smallest absolute Gasteiger partial charge is 0.491 e. The molecule has 1 aromatic rings. The minimum atomic E-state index is -4.75. The molecule has 0 N–H and O–H groups in total. The van der Waals surface area contributed by atoms with Gasteiger partial charge in [-0.2, -0.15) is 0 Å². The number of piperidine rings is 1. The summed E-state index contributed by atoms with van der Waals surface area (Å²) < 4.78 is 51.8. The number of nitrogens with zero attached hydrogens (tertiary/aromatic N) is 1. The van der Waals surface area contributed by atoms with Crippen LogP contribution in [-0.4, -0.2) is 32.2 Å². The normalized spacial score (nSPS) is 15.9. The van der Waals surface area contributed by atoms with Crippen LogP contribution in [0.4, 0.5) is 18.9 Å². The predicted molar refractivity (Wildman–Crippen MR) is 112 cm³/mol. The first-order valence-electron chi connectivity index (χ1n) is 9.74. The molecule has 1 aromatic carbocycles. The van der Waals surface area contributed by atoms with Crippen molar-refractivity contribution < 1.29 is 27.4 Å². The van der Waals surface area contributed by atoms with E-state index in [0.717, 1.165) is 49.0 Å². The molecule has 0 unspecified atom stereocenters. The average Bonchev–Trinajstić information content (AvgIpc) is 2.69. The van der Waals surface area contributed by atoms with Crippen molar-refractivity contribution in [2.45, 2.75) is 39.2 Å². The van der Waals surface area contributed by atoms with Gasteiger partial charge in [-0.1, -0.05) is 13.2 Å². The SMILES string of the molecule is C=C(C)COc1ccc(N2CCC(OC(/C=C\C(=C)OC(F)(F)F)=C/C)CC2)cc1.